The van der Waals surface area contributed by atoms with E-state index >= 15 is 0 Å². The molecule has 0 saturated carbocycles. The highest BCUT2D eigenvalue weighted by molar-refractivity contribution is 5.85. The molecule has 4 aromatic rings. The topological polar surface area (TPSA) is 41.2 Å². The first-order valence-corrected chi connectivity index (χ1v) is 11.6. The summed E-state index contributed by atoms with van der Waals surface area (Å²) in [5, 5.41) is 6.40. The van der Waals surface area contributed by atoms with E-state index in [1.165, 1.54) is 10.9 Å². The van der Waals surface area contributed by atoms with E-state index in [1.54, 1.807) is 7.11 Å². The SMILES string of the molecule is COc1ccccc1-n1nc(C2CC(C)(C)OC(C)(C)C2)cc1-c1ccc2c(ccn2C)c1. The van der Waals surface area contributed by atoms with Crippen molar-refractivity contribution in [2.75, 3.05) is 7.11 Å². The molecule has 172 valence electrons. The number of fused-ring (bicyclic) bond motifs is 1. The molecule has 0 radical (unpaired) electrons. The van der Waals surface area contributed by atoms with Crippen LogP contribution in [0.5, 0.6) is 5.75 Å². The maximum atomic E-state index is 6.35. The summed E-state index contributed by atoms with van der Waals surface area (Å²) < 4.78 is 16.2. The fourth-order valence-electron chi connectivity index (χ4n) is 5.53. The summed E-state index contributed by atoms with van der Waals surface area (Å²) >= 11 is 0. The van der Waals surface area contributed by atoms with Crippen LogP contribution in [0.4, 0.5) is 0 Å². The predicted molar refractivity (Wildman–Crippen MR) is 133 cm³/mol. The van der Waals surface area contributed by atoms with Gasteiger partial charge in [0.1, 0.15) is 11.4 Å². The summed E-state index contributed by atoms with van der Waals surface area (Å²) in [5.41, 5.74) is 5.10. The zero-order valence-electron chi connectivity index (χ0n) is 20.4. The Balaban J connectivity index is 1.67. The monoisotopic (exact) mass is 443 g/mol. The van der Waals surface area contributed by atoms with Crippen molar-refractivity contribution in [3.63, 3.8) is 0 Å². The van der Waals surface area contributed by atoms with Crippen LogP contribution >= 0.6 is 0 Å². The summed E-state index contributed by atoms with van der Waals surface area (Å²) in [6.07, 6.45) is 3.98. The molecule has 1 aliphatic heterocycles. The number of rotatable bonds is 4. The third kappa shape index (κ3) is 4.06. The highest BCUT2D eigenvalue weighted by Crippen LogP contribution is 2.44. The highest BCUT2D eigenvalue weighted by Gasteiger charge is 2.41. The van der Waals surface area contributed by atoms with Gasteiger partial charge in [0.25, 0.3) is 0 Å². The minimum atomic E-state index is -0.191. The molecule has 1 saturated heterocycles. The van der Waals surface area contributed by atoms with E-state index in [-0.39, 0.29) is 11.2 Å². The third-order valence-electron chi connectivity index (χ3n) is 6.67. The molecule has 5 heteroatoms. The van der Waals surface area contributed by atoms with Gasteiger partial charge in [0, 0.05) is 35.6 Å². The van der Waals surface area contributed by atoms with Crippen LogP contribution in [0.3, 0.4) is 0 Å². The van der Waals surface area contributed by atoms with Crippen molar-refractivity contribution in [2.24, 2.45) is 7.05 Å². The highest BCUT2D eigenvalue weighted by atomic mass is 16.5. The molecule has 3 heterocycles. The average Bonchev–Trinajstić information content (AvgIpc) is 3.35. The second kappa shape index (κ2) is 7.77. The Morgan fingerprint density at radius 2 is 1.70 bits per heavy atom. The number of para-hydroxylation sites is 2. The minimum absolute atomic E-state index is 0.191. The van der Waals surface area contributed by atoms with Gasteiger partial charge >= 0.3 is 0 Å². The van der Waals surface area contributed by atoms with Gasteiger partial charge < -0.3 is 14.0 Å². The first-order valence-electron chi connectivity index (χ1n) is 11.6. The van der Waals surface area contributed by atoms with Crippen LogP contribution in [0, 0.1) is 0 Å². The van der Waals surface area contributed by atoms with Crippen molar-refractivity contribution in [2.45, 2.75) is 57.7 Å². The van der Waals surface area contributed by atoms with Gasteiger partial charge in [-0.15, -0.1) is 0 Å². The van der Waals surface area contributed by atoms with Gasteiger partial charge in [0.2, 0.25) is 0 Å². The normalized spacial score (nSPS) is 18.0. The van der Waals surface area contributed by atoms with E-state index in [2.05, 4.69) is 81.9 Å². The quantitative estimate of drug-likeness (QED) is 0.362. The molecule has 0 atom stereocenters. The number of ether oxygens (including phenoxy) is 2. The fraction of sp³-hybridized carbons (Fsp3) is 0.393. The molecule has 0 spiro atoms. The Hall–Kier alpha value is -3.05. The molecule has 1 fully saturated rings. The molecule has 0 N–H and O–H groups in total. The zero-order valence-corrected chi connectivity index (χ0v) is 20.4. The van der Waals surface area contributed by atoms with E-state index < -0.39 is 0 Å². The summed E-state index contributed by atoms with van der Waals surface area (Å²) in [5.74, 6) is 1.13. The fourth-order valence-corrected chi connectivity index (χ4v) is 5.53. The predicted octanol–water partition coefficient (Wildman–Crippen LogP) is 6.49. The van der Waals surface area contributed by atoms with Gasteiger partial charge in [0.15, 0.2) is 0 Å². The minimum Gasteiger partial charge on any atom is -0.494 e. The van der Waals surface area contributed by atoms with E-state index in [0.29, 0.717) is 5.92 Å². The van der Waals surface area contributed by atoms with Crippen molar-refractivity contribution in [3.05, 3.63) is 66.5 Å². The number of nitrogens with zero attached hydrogens (tertiary/aromatic N) is 3. The molecule has 2 aromatic heterocycles. The van der Waals surface area contributed by atoms with Gasteiger partial charge in [0.05, 0.1) is 29.7 Å². The van der Waals surface area contributed by atoms with Crippen LogP contribution in [-0.2, 0) is 11.8 Å². The molecule has 2 aromatic carbocycles. The lowest BCUT2D eigenvalue weighted by Gasteiger charge is -2.45. The Morgan fingerprint density at radius 1 is 0.970 bits per heavy atom. The van der Waals surface area contributed by atoms with Crippen LogP contribution in [0.2, 0.25) is 0 Å². The molecule has 0 bridgehead atoms. The van der Waals surface area contributed by atoms with Crippen molar-refractivity contribution in [1.82, 2.24) is 14.3 Å². The first kappa shape index (κ1) is 21.8. The molecule has 0 amide bonds. The van der Waals surface area contributed by atoms with Gasteiger partial charge in [-0.25, -0.2) is 4.68 Å². The summed E-state index contributed by atoms with van der Waals surface area (Å²) in [6, 6.07) is 19.1. The molecular formula is C28H33N3O2. The van der Waals surface area contributed by atoms with Crippen molar-refractivity contribution < 1.29 is 9.47 Å². The molecule has 0 unspecified atom stereocenters. The average molecular weight is 444 g/mol. The molecule has 5 nitrogen and oxygen atoms in total. The second-order valence-corrected chi connectivity index (χ2v) is 10.5. The van der Waals surface area contributed by atoms with E-state index in [0.717, 1.165) is 41.2 Å². The summed E-state index contributed by atoms with van der Waals surface area (Å²) in [7, 11) is 3.79. The second-order valence-electron chi connectivity index (χ2n) is 10.5. The lowest BCUT2D eigenvalue weighted by molar-refractivity contribution is -0.162. The number of aryl methyl sites for hydroxylation is 1. The Morgan fingerprint density at radius 3 is 2.42 bits per heavy atom. The van der Waals surface area contributed by atoms with Gasteiger partial charge in [-0.2, -0.15) is 5.10 Å². The number of aromatic nitrogens is 3. The Kier molecular flexibility index (Phi) is 5.13. The van der Waals surface area contributed by atoms with Crippen molar-refractivity contribution in [3.8, 4) is 22.7 Å². The van der Waals surface area contributed by atoms with Crippen LogP contribution in [-0.4, -0.2) is 32.7 Å². The third-order valence-corrected chi connectivity index (χ3v) is 6.67. The molecule has 0 aliphatic carbocycles. The van der Waals surface area contributed by atoms with Crippen LogP contribution in [0.15, 0.2) is 60.8 Å². The Labute approximate surface area is 195 Å². The molecular weight excluding hydrogens is 410 g/mol. The Bertz CT molecular complexity index is 1300. The lowest BCUT2D eigenvalue weighted by atomic mass is 9.79. The van der Waals surface area contributed by atoms with Crippen LogP contribution in [0.1, 0.15) is 52.1 Å². The first-order chi connectivity index (χ1) is 15.7. The standard InChI is InChI=1S/C28H33N3O2/c1-27(2)17-21(18-28(3,4)33-27)22-16-25(19-11-12-23-20(15-19)13-14-30(23)5)31(29-22)24-9-7-8-10-26(24)32-6/h7-16,21H,17-18H2,1-6H3. The zero-order chi connectivity index (χ0) is 23.4. The lowest BCUT2D eigenvalue weighted by Crippen LogP contribution is -2.44. The summed E-state index contributed by atoms with van der Waals surface area (Å²) in [4.78, 5) is 0. The summed E-state index contributed by atoms with van der Waals surface area (Å²) in [6.45, 7) is 8.73. The van der Waals surface area contributed by atoms with Gasteiger partial charge in [-0.05, 0) is 76.9 Å². The van der Waals surface area contributed by atoms with Gasteiger partial charge in [-0.3, -0.25) is 0 Å². The van der Waals surface area contributed by atoms with Crippen LogP contribution < -0.4 is 4.74 Å². The number of methoxy groups -OCH3 is 1. The molecule has 5 rings (SSSR count). The van der Waals surface area contributed by atoms with Gasteiger partial charge in [-0.1, -0.05) is 18.2 Å². The molecule has 1 aliphatic rings. The van der Waals surface area contributed by atoms with Crippen molar-refractivity contribution in [1.29, 1.82) is 0 Å². The number of hydrogen-bond donors (Lipinski definition) is 0. The van der Waals surface area contributed by atoms with Crippen molar-refractivity contribution >= 4 is 10.9 Å². The maximum Gasteiger partial charge on any atom is 0.144 e. The van der Waals surface area contributed by atoms with E-state index in [4.69, 9.17) is 14.6 Å². The number of benzene rings is 2. The largest absolute Gasteiger partial charge is 0.494 e. The van der Waals surface area contributed by atoms with Crippen LogP contribution in [0.25, 0.3) is 27.8 Å². The van der Waals surface area contributed by atoms with E-state index in [1.807, 2.05) is 22.9 Å². The molecule has 33 heavy (non-hydrogen) atoms. The number of hydrogen-bond acceptors (Lipinski definition) is 3. The van der Waals surface area contributed by atoms with E-state index in [9.17, 15) is 0 Å². The maximum absolute atomic E-state index is 6.35. The smallest absolute Gasteiger partial charge is 0.144 e.